The maximum Gasteiger partial charge on any atom is 0.292 e. The summed E-state index contributed by atoms with van der Waals surface area (Å²) in [6.45, 7) is 1.86. The molecule has 1 N–H and O–H groups in total. The van der Waals surface area contributed by atoms with Gasteiger partial charge in [-0.3, -0.25) is 10.1 Å². The van der Waals surface area contributed by atoms with E-state index in [-0.39, 0.29) is 17.8 Å². The van der Waals surface area contributed by atoms with Gasteiger partial charge in [-0.15, -0.1) is 0 Å². The highest BCUT2D eigenvalue weighted by atomic mass is 19.1. The number of rotatable bonds is 4. The minimum absolute atomic E-state index is 0.0518. The zero-order valence-electron chi connectivity index (χ0n) is 11.3. The van der Waals surface area contributed by atoms with Crippen molar-refractivity contribution in [3.8, 4) is 6.07 Å². The van der Waals surface area contributed by atoms with E-state index in [9.17, 15) is 14.5 Å². The predicted molar refractivity (Wildman–Crippen MR) is 76.3 cm³/mol. The van der Waals surface area contributed by atoms with Crippen molar-refractivity contribution in [2.75, 3.05) is 5.32 Å². The molecule has 0 aliphatic rings. The molecule has 6 heteroatoms. The van der Waals surface area contributed by atoms with Crippen LogP contribution in [-0.4, -0.2) is 4.92 Å². The molecule has 106 valence electrons. The molecule has 0 saturated heterocycles. The number of hydrogen-bond acceptors (Lipinski definition) is 4. The van der Waals surface area contributed by atoms with Gasteiger partial charge in [0.2, 0.25) is 0 Å². The summed E-state index contributed by atoms with van der Waals surface area (Å²) in [4.78, 5) is 10.5. The fourth-order valence-corrected chi connectivity index (χ4v) is 1.89. The number of aryl methyl sites for hydroxylation is 1. The summed E-state index contributed by atoms with van der Waals surface area (Å²) in [6.07, 6.45) is 0. The first-order valence-corrected chi connectivity index (χ1v) is 6.18. The van der Waals surface area contributed by atoms with Crippen molar-refractivity contribution in [2.45, 2.75) is 13.5 Å². The van der Waals surface area contributed by atoms with E-state index in [0.717, 1.165) is 11.6 Å². The summed E-state index contributed by atoms with van der Waals surface area (Å²) in [5, 5.41) is 22.5. The highest BCUT2D eigenvalue weighted by Crippen LogP contribution is 2.26. The van der Waals surface area contributed by atoms with Gasteiger partial charge in [-0.2, -0.15) is 5.26 Å². The van der Waals surface area contributed by atoms with Crippen LogP contribution in [0.25, 0.3) is 0 Å². The molecule has 0 fully saturated rings. The number of nitrogens with zero attached hydrogens (tertiary/aromatic N) is 2. The van der Waals surface area contributed by atoms with Crippen molar-refractivity contribution in [2.24, 2.45) is 0 Å². The first kappa shape index (κ1) is 14.5. The molecular weight excluding hydrogens is 273 g/mol. The van der Waals surface area contributed by atoms with Crippen LogP contribution in [0.2, 0.25) is 0 Å². The monoisotopic (exact) mass is 285 g/mol. The zero-order chi connectivity index (χ0) is 15.4. The number of nitriles is 1. The SMILES string of the molecule is Cc1ccc(NCc2ccc(C#N)cc2F)c([N+](=O)[O-])c1. The molecule has 0 radical (unpaired) electrons. The molecule has 0 aliphatic carbocycles. The van der Waals surface area contributed by atoms with Gasteiger partial charge in [0, 0.05) is 18.2 Å². The molecule has 0 bridgehead atoms. The van der Waals surface area contributed by atoms with E-state index < -0.39 is 10.7 Å². The van der Waals surface area contributed by atoms with Crippen LogP contribution in [0, 0.1) is 34.2 Å². The Bertz CT molecular complexity index is 738. The molecule has 0 unspecified atom stereocenters. The summed E-state index contributed by atoms with van der Waals surface area (Å²) in [7, 11) is 0. The van der Waals surface area contributed by atoms with Crippen molar-refractivity contribution in [3.63, 3.8) is 0 Å². The van der Waals surface area contributed by atoms with Crippen LogP contribution in [0.1, 0.15) is 16.7 Å². The minimum atomic E-state index is -0.517. The zero-order valence-corrected chi connectivity index (χ0v) is 11.3. The molecule has 0 atom stereocenters. The normalized spacial score (nSPS) is 9.95. The van der Waals surface area contributed by atoms with Gasteiger partial charge in [0.1, 0.15) is 11.5 Å². The lowest BCUT2D eigenvalue weighted by Gasteiger charge is -2.08. The number of nitro groups is 1. The summed E-state index contributed by atoms with van der Waals surface area (Å²) in [5.41, 5.74) is 1.62. The molecular formula is C15H12FN3O2. The summed E-state index contributed by atoms with van der Waals surface area (Å²) < 4.78 is 13.7. The number of nitrogens with one attached hydrogen (secondary N) is 1. The third kappa shape index (κ3) is 3.34. The minimum Gasteiger partial charge on any atom is -0.375 e. The van der Waals surface area contributed by atoms with Crippen molar-refractivity contribution in [1.29, 1.82) is 5.26 Å². The van der Waals surface area contributed by atoms with Gasteiger partial charge < -0.3 is 5.32 Å². The standard InChI is InChI=1S/C15H12FN3O2/c1-10-2-5-14(15(6-10)19(20)21)18-9-12-4-3-11(8-17)7-13(12)16/h2-7,18H,9H2,1H3. The van der Waals surface area contributed by atoms with E-state index in [1.165, 1.54) is 18.2 Å². The van der Waals surface area contributed by atoms with Crippen LogP contribution in [0.5, 0.6) is 0 Å². The van der Waals surface area contributed by atoms with Crippen molar-refractivity contribution in [3.05, 3.63) is 69.0 Å². The van der Waals surface area contributed by atoms with Crippen LogP contribution < -0.4 is 5.32 Å². The molecule has 0 amide bonds. The van der Waals surface area contributed by atoms with Crippen LogP contribution in [0.3, 0.4) is 0 Å². The highest BCUT2D eigenvalue weighted by molar-refractivity contribution is 5.62. The lowest BCUT2D eigenvalue weighted by molar-refractivity contribution is -0.384. The van der Waals surface area contributed by atoms with Gasteiger partial charge in [0.25, 0.3) is 5.69 Å². The van der Waals surface area contributed by atoms with E-state index in [0.29, 0.717) is 11.3 Å². The molecule has 0 saturated carbocycles. The Morgan fingerprint density at radius 1 is 1.33 bits per heavy atom. The lowest BCUT2D eigenvalue weighted by atomic mass is 10.1. The van der Waals surface area contributed by atoms with Crippen molar-refractivity contribution < 1.29 is 9.31 Å². The average molecular weight is 285 g/mol. The molecule has 0 aliphatic heterocycles. The Kier molecular flexibility index (Phi) is 4.14. The third-order valence-electron chi connectivity index (χ3n) is 3.00. The van der Waals surface area contributed by atoms with Gasteiger partial charge >= 0.3 is 0 Å². The smallest absolute Gasteiger partial charge is 0.292 e. The Morgan fingerprint density at radius 2 is 2.10 bits per heavy atom. The third-order valence-corrected chi connectivity index (χ3v) is 3.00. The van der Waals surface area contributed by atoms with Gasteiger partial charge in [-0.25, -0.2) is 4.39 Å². The number of halogens is 1. The fourth-order valence-electron chi connectivity index (χ4n) is 1.89. The van der Waals surface area contributed by atoms with Gasteiger partial charge in [0.05, 0.1) is 16.6 Å². The molecule has 2 aromatic rings. The van der Waals surface area contributed by atoms with Crippen LogP contribution in [0.15, 0.2) is 36.4 Å². The predicted octanol–water partition coefficient (Wildman–Crippen LogP) is 3.53. The van der Waals surface area contributed by atoms with E-state index >= 15 is 0 Å². The number of nitro benzene ring substituents is 1. The topological polar surface area (TPSA) is 79.0 Å². The van der Waals surface area contributed by atoms with Gasteiger partial charge in [-0.05, 0) is 30.7 Å². The fraction of sp³-hybridized carbons (Fsp3) is 0.133. The highest BCUT2D eigenvalue weighted by Gasteiger charge is 2.14. The first-order valence-electron chi connectivity index (χ1n) is 6.18. The number of benzene rings is 2. The lowest BCUT2D eigenvalue weighted by Crippen LogP contribution is -2.04. The van der Waals surface area contributed by atoms with Gasteiger partial charge in [0.15, 0.2) is 0 Å². The average Bonchev–Trinajstić information content (AvgIpc) is 2.46. The maximum atomic E-state index is 13.7. The van der Waals surface area contributed by atoms with Gasteiger partial charge in [-0.1, -0.05) is 12.1 Å². The van der Waals surface area contributed by atoms with E-state index in [1.54, 1.807) is 19.1 Å². The number of anilines is 1. The second-order valence-electron chi connectivity index (χ2n) is 4.55. The molecule has 0 aromatic heterocycles. The molecule has 21 heavy (non-hydrogen) atoms. The summed E-state index contributed by atoms with van der Waals surface area (Å²) in [6, 6.07) is 10.8. The largest absolute Gasteiger partial charge is 0.375 e. The molecule has 5 nitrogen and oxygen atoms in total. The maximum absolute atomic E-state index is 13.7. The Morgan fingerprint density at radius 3 is 2.71 bits per heavy atom. The first-order chi connectivity index (χ1) is 10.0. The van der Waals surface area contributed by atoms with Crippen LogP contribution in [0.4, 0.5) is 15.8 Å². The van der Waals surface area contributed by atoms with E-state index in [4.69, 9.17) is 5.26 Å². The molecule has 2 aromatic carbocycles. The van der Waals surface area contributed by atoms with Crippen LogP contribution in [-0.2, 0) is 6.54 Å². The van der Waals surface area contributed by atoms with E-state index in [1.807, 2.05) is 6.07 Å². The molecule has 2 rings (SSSR count). The Balaban J connectivity index is 2.21. The summed E-state index contributed by atoms with van der Waals surface area (Å²) >= 11 is 0. The van der Waals surface area contributed by atoms with E-state index in [2.05, 4.69) is 5.32 Å². The van der Waals surface area contributed by atoms with Crippen LogP contribution >= 0.6 is 0 Å². The Hall–Kier alpha value is -2.94. The molecule has 0 heterocycles. The van der Waals surface area contributed by atoms with Crippen molar-refractivity contribution in [1.82, 2.24) is 0 Å². The second-order valence-corrected chi connectivity index (χ2v) is 4.55. The summed E-state index contributed by atoms with van der Waals surface area (Å²) in [5.74, 6) is -0.517. The number of hydrogen-bond donors (Lipinski definition) is 1. The van der Waals surface area contributed by atoms with Crippen molar-refractivity contribution >= 4 is 11.4 Å². The second kappa shape index (κ2) is 6.01. The Labute approximate surface area is 120 Å². The molecule has 0 spiro atoms. The quantitative estimate of drug-likeness (QED) is 0.688.